The molecule has 0 saturated carbocycles. The second kappa shape index (κ2) is 7.98. The molecule has 2 aromatic carbocycles. The molecule has 0 spiro atoms. The largest absolute Gasteiger partial charge is 0.411 e. The number of benzene rings is 2. The van der Waals surface area contributed by atoms with Crippen LogP contribution in [0.4, 0.5) is 11.4 Å². The normalized spacial score (nSPS) is 10.5. The first-order valence-electron chi connectivity index (χ1n) is 7.28. The van der Waals surface area contributed by atoms with Crippen molar-refractivity contribution in [1.29, 1.82) is 0 Å². The van der Waals surface area contributed by atoms with E-state index in [2.05, 4.69) is 15.5 Å². The predicted molar refractivity (Wildman–Crippen MR) is 97.2 cm³/mol. The van der Waals surface area contributed by atoms with Gasteiger partial charge in [0.1, 0.15) is 0 Å². The van der Waals surface area contributed by atoms with E-state index in [0.717, 1.165) is 17.3 Å². The second-order valence-electron chi connectivity index (χ2n) is 5.02. The van der Waals surface area contributed by atoms with Crippen LogP contribution in [-0.4, -0.2) is 26.8 Å². The number of carbonyl (C=O) groups is 1. The predicted octanol–water partition coefficient (Wildman–Crippen LogP) is 4.03. The molecular weight excluding hydrogens is 380 g/mol. The van der Waals surface area contributed by atoms with Gasteiger partial charge >= 0.3 is 0 Å². The Morgan fingerprint density at radius 2 is 1.85 bits per heavy atom. The molecule has 1 aromatic heterocycles. The van der Waals surface area contributed by atoms with Crippen molar-refractivity contribution in [2.45, 2.75) is 5.22 Å². The summed E-state index contributed by atoms with van der Waals surface area (Å²) in [6.45, 7) is 0. The van der Waals surface area contributed by atoms with Crippen molar-refractivity contribution in [2.75, 3.05) is 11.1 Å². The summed E-state index contributed by atoms with van der Waals surface area (Å²) in [6.07, 6.45) is 0. The molecule has 0 aliphatic carbocycles. The number of nitro groups is 1. The Morgan fingerprint density at radius 1 is 1.15 bits per heavy atom. The zero-order valence-corrected chi connectivity index (χ0v) is 14.7. The van der Waals surface area contributed by atoms with E-state index in [-0.39, 0.29) is 22.6 Å². The summed E-state index contributed by atoms with van der Waals surface area (Å²) in [4.78, 5) is 22.0. The highest BCUT2D eigenvalue weighted by atomic mass is 35.5. The Bertz CT molecular complexity index is 928. The smallest absolute Gasteiger partial charge is 0.277 e. The molecule has 1 amide bonds. The molecule has 3 aromatic rings. The first-order chi connectivity index (χ1) is 12.5. The summed E-state index contributed by atoms with van der Waals surface area (Å²) in [5.74, 6) is 0.0919. The Morgan fingerprint density at radius 3 is 2.50 bits per heavy atom. The maximum absolute atomic E-state index is 11.9. The number of carbonyl (C=O) groups excluding carboxylic acids is 1. The molecule has 0 fully saturated rings. The number of rotatable bonds is 6. The van der Waals surface area contributed by atoms with Gasteiger partial charge in [-0.3, -0.25) is 14.9 Å². The minimum absolute atomic E-state index is 0.0436. The fourth-order valence-electron chi connectivity index (χ4n) is 1.97. The van der Waals surface area contributed by atoms with E-state index in [0.29, 0.717) is 16.6 Å². The molecule has 0 unspecified atom stereocenters. The lowest BCUT2D eigenvalue weighted by atomic mass is 10.2. The van der Waals surface area contributed by atoms with Crippen LogP contribution >= 0.6 is 23.4 Å². The Kier molecular flexibility index (Phi) is 5.49. The number of nitro benzene ring substituents is 1. The summed E-state index contributed by atoms with van der Waals surface area (Å²) >= 11 is 6.92. The molecule has 26 heavy (non-hydrogen) atoms. The second-order valence-corrected chi connectivity index (χ2v) is 6.38. The first-order valence-corrected chi connectivity index (χ1v) is 8.64. The summed E-state index contributed by atoms with van der Waals surface area (Å²) in [6, 6.07) is 12.5. The number of halogens is 1. The zero-order valence-electron chi connectivity index (χ0n) is 13.1. The molecular formula is C16H11ClN4O4S. The molecule has 1 N–H and O–H groups in total. The van der Waals surface area contributed by atoms with Gasteiger partial charge in [-0.2, -0.15) is 0 Å². The van der Waals surface area contributed by atoms with E-state index >= 15 is 0 Å². The monoisotopic (exact) mass is 390 g/mol. The molecule has 0 aliphatic rings. The molecule has 0 aliphatic heterocycles. The summed E-state index contributed by atoms with van der Waals surface area (Å²) < 4.78 is 5.49. The lowest BCUT2D eigenvalue weighted by Gasteiger charge is -2.03. The fraction of sp³-hybridized carbons (Fsp3) is 0.0625. The van der Waals surface area contributed by atoms with Crippen molar-refractivity contribution in [1.82, 2.24) is 10.2 Å². The number of hydrogen-bond acceptors (Lipinski definition) is 7. The molecule has 132 valence electrons. The standard InChI is InChI=1S/C16H11ClN4O4S/c17-11-3-1-10(2-4-11)15-19-20-16(25-15)26-9-14(22)18-12-5-7-13(8-6-12)21(23)24/h1-8H,9H2,(H,18,22). The number of hydrogen-bond donors (Lipinski definition) is 1. The number of nitrogens with zero attached hydrogens (tertiary/aromatic N) is 3. The van der Waals surface area contributed by atoms with Crippen molar-refractivity contribution in [3.8, 4) is 11.5 Å². The van der Waals surface area contributed by atoms with Gasteiger partial charge < -0.3 is 9.73 Å². The van der Waals surface area contributed by atoms with Gasteiger partial charge in [-0.25, -0.2) is 0 Å². The Labute approximate surface area is 156 Å². The quantitative estimate of drug-likeness (QED) is 0.384. The zero-order chi connectivity index (χ0) is 18.5. The number of anilines is 1. The average molecular weight is 391 g/mol. The highest BCUT2D eigenvalue weighted by molar-refractivity contribution is 7.99. The first kappa shape index (κ1) is 17.9. The average Bonchev–Trinajstić information content (AvgIpc) is 3.10. The van der Waals surface area contributed by atoms with Gasteiger partial charge in [0.25, 0.3) is 10.9 Å². The molecule has 0 atom stereocenters. The lowest BCUT2D eigenvalue weighted by Crippen LogP contribution is -2.13. The van der Waals surface area contributed by atoms with E-state index < -0.39 is 4.92 Å². The van der Waals surface area contributed by atoms with E-state index in [4.69, 9.17) is 16.0 Å². The summed E-state index contributed by atoms with van der Waals surface area (Å²) in [7, 11) is 0. The van der Waals surface area contributed by atoms with Gasteiger partial charge in [0, 0.05) is 28.4 Å². The third kappa shape index (κ3) is 4.58. The third-order valence-corrected chi connectivity index (χ3v) is 4.26. The van der Waals surface area contributed by atoms with Crippen LogP contribution in [0.3, 0.4) is 0 Å². The summed E-state index contributed by atoms with van der Waals surface area (Å²) in [5.41, 5.74) is 1.15. The number of amides is 1. The van der Waals surface area contributed by atoms with Gasteiger partial charge in [0.2, 0.25) is 11.8 Å². The minimum atomic E-state index is -0.505. The van der Waals surface area contributed by atoms with E-state index in [1.54, 1.807) is 24.3 Å². The van der Waals surface area contributed by atoms with Crippen molar-refractivity contribution >= 4 is 40.6 Å². The maximum atomic E-state index is 11.9. The SMILES string of the molecule is O=C(CSc1nnc(-c2ccc(Cl)cc2)o1)Nc1ccc([N+](=O)[O-])cc1. The van der Waals surface area contributed by atoms with Gasteiger partial charge in [-0.1, -0.05) is 23.4 Å². The van der Waals surface area contributed by atoms with Crippen LogP contribution in [0.1, 0.15) is 0 Å². The molecule has 0 radical (unpaired) electrons. The van der Waals surface area contributed by atoms with E-state index in [1.807, 2.05) is 0 Å². The van der Waals surface area contributed by atoms with Gasteiger partial charge in [0.05, 0.1) is 10.7 Å². The van der Waals surface area contributed by atoms with Crippen LogP contribution < -0.4 is 5.32 Å². The van der Waals surface area contributed by atoms with Crippen LogP contribution in [0.25, 0.3) is 11.5 Å². The number of non-ortho nitro benzene ring substituents is 1. The van der Waals surface area contributed by atoms with Crippen LogP contribution in [0.2, 0.25) is 5.02 Å². The highest BCUT2D eigenvalue weighted by Gasteiger charge is 2.12. The Hall–Kier alpha value is -2.91. The third-order valence-electron chi connectivity index (χ3n) is 3.19. The van der Waals surface area contributed by atoms with Crippen LogP contribution in [0, 0.1) is 10.1 Å². The van der Waals surface area contributed by atoms with Crippen LogP contribution in [0.5, 0.6) is 0 Å². The van der Waals surface area contributed by atoms with E-state index in [9.17, 15) is 14.9 Å². The van der Waals surface area contributed by atoms with Gasteiger partial charge in [0.15, 0.2) is 0 Å². The van der Waals surface area contributed by atoms with Crippen molar-refractivity contribution < 1.29 is 14.1 Å². The minimum Gasteiger partial charge on any atom is -0.411 e. The van der Waals surface area contributed by atoms with Crippen molar-refractivity contribution in [3.05, 3.63) is 63.7 Å². The van der Waals surface area contributed by atoms with Crippen LogP contribution in [-0.2, 0) is 4.79 Å². The number of aromatic nitrogens is 2. The molecule has 0 bridgehead atoms. The van der Waals surface area contributed by atoms with Gasteiger partial charge in [-0.05, 0) is 36.4 Å². The summed E-state index contributed by atoms with van der Waals surface area (Å²) in [5, 5.41) is 21.9. The van der Waals surface area contributed by atoms with Crippen LogP contribution in [0.15, 0.2) is 58.2 Å². The topological polar surface area (TPSA) is 111 Å². The fourth-order valence-corrected chi connectivity index (χ4v) is 2.66. The van der Waals surface area contributed by atoms with Crippen molar-refractivity contribution in [3.63, 3.8) is 0 Å². The molecule has 10 heteroatoms. The molecule has 3 rings (SSSR count). The maximum Gasteiger partial charge on any atom is 0.277 e. The number of thioether (sulfide) groups is 1. The number of nitrogens with one attached hydrogen (secondary N) is 1. The Balaban J connectivity index is 1.54. The molecule has 0 saturated heterocycles. The molecule has 1 heterocycles. The lowest BCUT2D eigenvalue weighted by molar-refractivity contribution is -0.384. The van der Waals surface area contributed by atoms with Gasteiger partial charge in [-0.15, -0.1) is 10.2 Å². The highest BCUT2D eigenvalue weighted by Crippen LogP contribution is 2.24. The molecule has 8 nitrogen and oxygen atoms in total. The van der Waals surface area contributed by atoms with Crippen molar-refractivity contribution in [2.24, 2.45) is 0 Å². The van der Waals surface area contributed by atoms with E-state index in [1.165, 1.54) is 24.3 Å².